The SMILES string of the molecule is N#Cc1ccc(NC(=O)c2cncc(C(=O)NCCc3ccccc3)c2)cc1. The summed E-state index contributed by atoms with van der Waals surface area (Å²) in [4.78, 5) is 28.7. The van der Waals surface area contributed by atoms with Crippen molar-refractivity contribution in [1.82, 2.24) is 10.3 Å². The Morgan fingerprint density at radius 1 is 0.929 bits per heavy atom. The van der Waals surface area contributed by atoms with Gasteiger partial charge in [-0.15, -0.1) is 0 Å². The highest BCUT2D eigenvalue weighted by atomic mass is 16.2. The molecular weight excluding hydrogens is 352 g/mol. The largest absolute Gasteiger partial charge is 0.352 e. The molecule has 0 saturated heterocycles. The lowest BCUT2D eigenvalue weighted by molar-refractivity contribution is 0.0953. The number of nitrogens with zero attached hydrogens (tertiary/aromatic N) is 2. The number of carbonyl (C=O) groups is 2. The molecule has 0 aliphatic heterocycles. The van der Waals surface area contributed by atoms with E-state index in [1.807, 2.05) is 36.4 Å². The average Bonchev–Trinajstić information content (AvgIpc) is 2.75. The van der Waals surface area contributed by atoms with Gasteiger partial charge >= 0.3 is 0 Å². The first-order chi connectivity index (χ1) is 13.7. The Kier molecular flexibility index (Phi) is 6.11. The Labute approximate surface area is 162 Å². The van der Waals surface area contributed by atoms with E-state index in [0.29, 0.717) is 23.4 Å². The number of hydrogen-bond donors (Lipinski definition) is 2. The fourth-order valence-corrected chi connectivity index (χ4v) is 2.59. The molecule has 3 rings (SSSR count). The van der Waals surface area contributed by atoms with Crippen molar-refractivity contribution < 1.29 is 9.59 Å². The Morgan fingerprint density at radius 2 is 1.61 bits per heavy atom. The van der Waals surface area contributed by atoms with Gasteiger partial charge < -0.3 is 10.6 Å². The Bertz CT molecular complexity index is 1010. The summed E-state index contributed by atoms with van der Waals surface area (Å²) in [7, 11) is 0. The molecule has 0 fully saturated rings. The molecule has 1 heterocycles. The predicted octanol–water partition coefficient (Wildman–Crippen LogP) is 3.18. The molecule has 2 aromatic carbocycles. The Balaban J connectivity index is 1.59. The Hall–Kier alpha value is -3.98. The van der Waals surface area contributed by atoms with Gasteiger partial charge in [-0.3, -0.25) is 14.6 Å². The third kappa shape index (κ3) is 5.02. The van der Waals surface area contributed by atoms with Crippen molar-refractivity contribution in [3.8, 4) is 6.07 Å². The third-order valence-corrected chi connectivity index (χ3v) is 4.08. The van der Waals surface area contributed by atoms with Crippen LogP contribution in [0.2, 0.25) is 0 Å². The minimum atomic E-state index is -0.379. The van der Waals surface area contributed by atoms with E-state index in [4.69, 9.17) is 5.26 Å². The van der Waals surface area contributed by atoms with Crippen molar-refractivity contribution in [1.29, 1.82) is 5.26 Å². The second kappa shape index (κ2) is 9.10. The summed E-state index contributed by atoms with van der Waals surface area (Å²) in [6.07, 6.45) is 3.55. The lowest BCUT2D eigenvalue weighted by atomic mass is 10.1. The normalized spacial score (nSPS) is 9.96. The molecule has 1 aromatic heterocycles. The number of benzene rings is 2. The second-order valence-corrected chi connectivity index (χ2v) is 6.10. The van der Waals surface area contributed by atoms with E-state index in [-0.39, 0.29) is 17.4 Å². The number of aromatic nitrogens is 1. The first-order valence-corrected chi connectivity index (χ1v) is 8.74. The van der Waals surface area contributed by atoms with Crippen LogP contribution in [0.25, 0.3) is 0 Å². The molecule has 0 aliphatic rings. The number of amides is 2. The molecule has 0 saturated carbocycles. The van der Waals surface area contributed by atoms with Gasteiger partial charge in [0, 0.05) is 24.6 Å². The maximum atomic E-state index is 12.4. The van der Waals surface area contributed by atoms with Crippen molar-refractivity contribution in [2.45, 2.75) is 6.42 Å². The van der Waals surface area contributed by atoms with Gasteiger partial charge in [0.15, 0.2) is 0 Å². The number of anilines is 1. The zero-order valence-electron chi connectivity index (χ0n) is 15.1. The van der Waals surface area contributed by atoms with Crippen molar-refractivity contribution in [2.75, 3.05) is 11.9 Å². The maximum absolute atomic E-state index is 12.4. The minimum Gasteiger partial charge on any atom is -0.352 e. The quantitative estimate of drug-likeness (QED) is 0.697. The standard InChI is InChI=1S/C22H18N4O2/c23-13-17-6-8-20(9-7-17)26-22(28)19-12-18(14-24-15-19)21(27)25-11-10-16-4-2-1-3-5-16/h1-9,12,14-15H,10-11H2,(H,25,27)(H,26,28). The van der Waals surface area contributed by atoms with E-state index in [1.165, 1.54) is 18.5 Å². The van der Waals surface area contributed by atoms with Crippen LogP contribution in [0.5, 0.6) is 0 Å². The molecule has 0 bridgehead atoms. The first-order valence-electron chi connectivity index (χ1n) is 8.74. The van der Waals surface area contributed by atoms with E-state index in [2.05, 4.69) is 15.6 Å². The zero-order valence-corrected chi connectivity index (χ0v) is 15.1. The first kappa shape index (κ1) is 18.8. The van der Waals surface area contributed by atoms with Gasteiger partial charge in [-0.1, -0.05) is 30.3 Å². The fourth-order valence-electron chi connectivity index (χ4n) is 2.59. The summed E-state index contributed by atoms with van der Waals surface area (Å²) in [5.74, 6) is -0.660. The second-order valence-electron chi connectivity index (χ2n) is 6.10. The molecule has 3 aromatic rings. The summed E-state index contributed by atoms with van der Waals surface area (Å²) in [6.45, 7) is 0.491. The van der Waals surface area contributed by atoms with E-state index >= 15 is 0 Å². The molecule has 0 atom stereocenters. The molecule has 6 nitrogen and oxygen atoms in total. The van der Waals surface area contributed by atoms with Gasteiger partial charge in [0.05, 0.1) is 22.8 Å². The molecule has 0 spiro atoms. The van der Waals surface area contributed by atoms with E-state index < -0.39 is 0 Å². The van der Waals surface area contributed by atoms with Gasteiger partial charge in [-0.05, 0) is 42.3 Å². The van der Waals surface area contributed by atoms with Gasteiger partial charge in [0.2, 0.25) is 0 Å². The monoisotopic (exact) mass is 370 g/mol. The van der Waals surface area contributed by atoms with Crippen LogP contribution in [0.4, 0.5) is 5.69 Å². The number of carbonyl (C=O) groups excluding carboxylic acids is 2. The molecule has 6 heteroatoms. The highest BCUT2D eigenvalue weighted by molar-refractivity contribution is 6.05. The maximum Gasteiger partial charge on any atom is 0.257 e. The van der Waals surface area contributed by atoms with Crippen LogP contribution >= 0.6 is 0 Å². The van der Waals surface area contributed by atoms with Crippen molar-refractivity contribution >= 4 is 17.5 Å². The molecular formula is C22H18N4O2. The van der Waals surface area contributed by atoms with Gasteiger partial charge in [0.25, 0.3) is 11.8 Å². The molecule has 0 unspecified atom stereocenters. The molecule has 2 amide bonds. The van der Waals surface area contributed by atoms with Crippen LogP contribution in [0.3, 0.4) is 0 Å². The summed E-state index contributed by atoms with van der Waals surface area (Å²) in [5.41, 5.74) is 2.80. The lowest BCUT2D eigenvalue weighted by Gasteiger charge is -2.08. The number of hydrogen-bond acceptors (Lipinski definition) is 4. The summed E-state index contributed by atoms with van der Waals surface area (Å²) < 4.78 is 0. The third-order valence-electron chi connectivity index (χ3n) is 4.08. The Morgan fingerprint density at radius 3 is 2.29 bits per heavy atom. The van der Waals surface area contributed by atoms with Gasteiger partial charge in [-0.2, -0.15) is 5.26 Å². The number of pyridine rings is 1. The topological polar surface area (TPSA) is 94.9 Å². The highest BCUT2D eigenvalue weighted by Crippen LogP contribution is 2.11. The zero-order chi connectivity index (χ0) is 19.8. The molecule has 2 N–H and O–H groups in total. The number of rotatable bonds is 6. The van der Waals surface area contributed by atoms with Crippen molar-refractivity contribution in [3.63, 3.8) is 0 Å². The molecule has 0 radical (unpaired) electrons. The van der Waals surface area contributed by atoms with Crippen LogP contribution < -0.4 is 10.6 Å². The predicted molar refractivity (Wildman–Crippen MR) is 106 cm³/mol. The molecule has 0 aliphatic carbocycles. The molecule has 28 heavy (non-hydrogen) atoms. The van der Waals surface area contributed by atoms with Crippen molar-refractivity contribution in [2.24, 2.45) is 0 Å². The van der Waals surface area contributed by atoms with Gasteiger partial charge in [-0.25, -0.2) is 0 Å². The van der Waals surface area contributed by atoms with E-state index in [0.717, 1.165) is 12.0 Å². The molecule has 138 valence electrons. The summed E-state index contributed by atoms with van der Waals surface area (Å²) >= 11 is 0. The average molecular weight is 370 g/mol. The number of nitriles is 1. The van der Waals surface area contributed by atoms with Crippen LogP contribution in [0, 0.1) is 11.3 Å². The van der Waals surface area contributed by atoms with Crippen molar-refractivity contribution in [3.05, 3.63) is 95.3 Å². The fraction of sp³-hybridized carbons (Fsp3) is 0.0909. The number of nitrogens with one attached hydrogen (secondary N) is 2. The van der Waals surface area contributed by atoms with Gasteiger partial charge in [0.1, 0.15) is 0 Å². The summed E-state index contributed by atoms with van der Waals surface area (Å²) in [5, 5.41) is 14.4. The van der Waals surface area contributed by atoms with Crippen LogP contribution in [-0.4, -0.2) is 23.3 Å². The van der Waals surface area contributed by atoms with E-state index in [9.17, 15) is 9.59 Å². The smallest absolute Gasteiger partial charge is 0.257 e. The lowest BCUT2D eigenvalue weighted by Crippen LogP contribution is -2.26. The van der Waals surface area contributed by atoms with Crippen LogP contribution in [-0.2, 0) is 6.42 Å². The minimum absolute atomic E-state index is 0.278. The van der Waals surface area contributed by atoms with E-state index in [1.54, 1.807) is 24.3 Å². The van der Waals surface area contributed by atoms with Crippen LogP contribution in [0.1, 0.15) is 31.8 Å². The highest BCUT2D eigenvalue weighted by Gasteiger charge is 2.11. The summed E-state index contributed by atoms with van der Waals surface area (Å²) in [6, 6.07) is 19.9. The van der Waals surface area contributed by atoms with Crippen LogP contribution in [0.15, 0.2) is 73.1 Å².